The van der Waals surface area contributed by atoms with E-state index in [2.05, 4.69) is 17.2 Å². The lowest BCUT2D eigenvalue weighted by Crippen LogP contribution is -2.13. The van der Waals surface area contributed by atoms with Gasteiger partial charge in [0.05, 0.1) is 19.0 Å². The van der Waals surface area contributed by atoms with Crippen LogP contribution in [0.15, 0.2) is 12.3 Å². The minimum atomic E-state index is 0.748. The Bertz CT molecular complexity index is 361. The molecular weight excluding hydrogens is 200 g/mol. The van der Waals surface area contributed by atoms with Crippen LogP contribution in [0.4, 0.5) is 5.69 Å². The summed E-state index contributed by atoms with van der Waals surface area (Å²) in [6.07, 6.45) is 4.57. The SMILES string of the molecule is COc1cnc(C)cc1NCC(C)C1CC1. The zero-order valence-electron chi connectivity index (χ0n) is 10.3. The van der Waals surface area contributed by atoms with Crippen LogP contribution in [0.3, 0.4) is 0 Å². The summed E-state index contributed by atoms with van der Waals surface area (Å²) in [7, 11) is 1.68. The number of hydrogen-bond donors (Lipinski definition) is 1. The highest BCUT2D eigenvalue weighted by atomic mass is 16.5. The van der Waals surface area contributed by atoms with Gasteiger partial charge < -0.3 is 10.1 Å². The van der Waals surface area contributed by atoms with Crippen LogP contribution in [-0.4, -0.2) is 18.6 Å². The molecule has 1 aliphatic rings. The zero-order chi connectivity index (χ0) is 11.5. The van der Waals surface area contributed by atoms with Crippen molar-refractivity contribution in [1.82, 2.24) is 4.98 Å². The number of nitrogens with zero attached hydrogens (tertiary/aromatic N) is 1. The smallest absolute Gasteiger partial charge is 0.160 e. The molecule has 0 aromatic carbocycles. The van der Waals surface area contributed by atoms with E-state index in [-0.39, 0.29) is 0 Å². The molecule has 0 bridgehead atoms. The van der Waals surface area contributed by atoms with Crippen molar-refractivity contribution >= 4 is 5.69 Å². The van der Waals surface area contributed by atoms with Crippen molar-refractivity contribution in [2.45, 2.75) is 26.7 Å². The minimum Gasteiger partial charge on any atom is -0.493 e. The monoisotopic (exact) mass is 220 g/mol. The molecule has 1 N–H and O–H groups in total. The van der Waals surface area contributed by atoms with Gasteiger partial charge in [-0.3, -0.25) is 4.98 Å². The Hall–Kier alpha value is -1.25. The average molecular weight is 220 g/mol. The lowest BCUT2D eigenvalue weighted by molar-refractivity contribution is 0.413. The standard InChI is InChI=1S/C13H20N2O/c1-9(11-4-5-11)7-15-12-6-10(2)14-8-13(12)16-3/h6,8-9,11H,4-5,7H2,1-3H3,(H,14,15). The molecule has 1 fully saturated rings. The fourth-order valence-electron chi connectivity index (χ4n) is 1.95. The highest BCUT2D eigenvalue weighted by Gasteiger charge is 2.27. The van der Waals surface area contributed by atoms with Gasteiger partial charge in [0.1, 0.15) is 0 Å². The van der Waals surface area contributed by atoms with Crippen molar-refractivity contribution in [2.24, 2.45) is 11.8 Å². The first-order valence-electron chi connectivity index (χ1n) is 5.95. The van der Waals surface area contributed by atoms with Crippen molar-refractivity contribution in [3.8, 4) is 5.75 Å². The van der Waals surface area contributed by atoms with E-state index in [9.17, 15) is 0 Å². The van der Waals surface area contributed by atoms with Crippen molar-refractivity contribution in [3.63, 3.8) is 0 Å². The van der Waals surface area contributed by atoms with Crippen LogP contribution in [0.2, 0.25) is 0 Å². The first kappa shape index (κ1) is 11.2. The van der Waals surface area contributed by atoms with Crippen molar-refractivity contribution in [2.75, 3.05) is 19.0 Å². The Morgan fingerprint density at radius 3 is 2.94 bits per heavy atom. The molecule has 88 valence electrons. The highest BCUT2D eigenvalue weighted by molar-refractivity contribution is 5.55. The van der Waals surface area contributed by atoms with Crippen LogP contribution < -0.4 is 10.1 Å². The van der Waals surface area contributed by atoms with Gasteiger partial charge in [-0.25, -0.2) is 0 Å². The highest BCUT2D eigenvalue weighted by Crippen LogP contribution is 2.36. The second-order valence-electron chi connectivity index (χ2n) is 4.72. The first-order chi connectivity index (χ1) is 7.70. The van der Waals surface area contributed by atoms with Crippen molar-refractivity contribution < 1.29 is 4.74 Å². The van der Waals surface area contributed by atoms with Crippen molar-refractivity contribution in [3.05, 3.63) is 18.0 Å². The number of aromatic nitrogens is 1. The molecule has 0 aliphatic heterocycles. The maximum atomic E-state index is 5.28. The summed E-state index contributed by atoms with van der Waals surface area (Å²) in [5, 5.41) is 3.46. The van der Waals surface area contributed by atoms with Gasteiger partial charge in [0.15, 0.2) is 5.75 Å². The van der Waals surface area contributed by atoms with Crippen LogP contribution in [-0.2, 0) is 0 Å². The molecule has 1 heterocycles. The molecule has 0 amide bonds. The van der Waals surface area contributed by atoms with E-state index < -0.39 is 0 Å². The van der Waals surface area contributed by atoms with Crippen LogP contribution >= 0.6 is 0 Å². The third-order valence-electron chi connectivity index (χ3n) is 3.27. The summed E-state index contributed by atoms with van der Waals surface area (Å²) in [5.74, 6) is 2.51. The van der Waals surface area contributed by atoms with Crippen molar-refractivity contribution in [1.29, 1.82) is 0 Å². The molecule has 0 radical (unpaired) electrons. The Morgan fingerprint density at radius 2 is 2.31 bits per heavy atom. The molecule has 1 aliphatic carbocycles. The maximum Gasteiger partial charge on any atom is 0.160 e. The van der Waals surface area contributed by atoms with E-state index in [1.807, 2.05) is 13.0 Å². The number of hydrogen-bond acceptors (Lipinski definition) is 3. The Morgan fingerprint density at radius 1 is 1.56 bits per heavy atom. The normalized spacial score (nSPS) is 16.9. The van der Waals surface area contributed by atoms with Gasteiger partial charge in [0.25, 0.3) is 0 Å². The lowest BCUT2D eigenvalue weighted by Gasteiger charge is -2.15. The number of anilines is 1. The molecule has 0 spiro atoms. The summed E-state index contributed by atoms with van der Waals surface area (Å²) in [6.45, 7) is 5.32. The number of pyridine rings is 1. The van der Waals surface area contributed by atoms with E-state index in [0.29, 0.717) is 0 Å². The van der Waals surface area contributed by atoms with Crippen LogP contribution in [0.1, 0.15) is 25.5 Å². The molecule has 1 aromatic heterocycles. The van der Waals surface area contributed by atoms with Gasteiger partial charge in [0, 0.05) is 12.2 Å². The number of aryl methyl sites for hydroxylation is 1. The predicted molar refractivity (Wildman–Crippen MR) is 65.9 cm³/mol. The minimum absolute atomic E-state index is 0.748. The largest absolute Gasteiger partial charge is 0.493 e. The van der Waals surface area contributed by atoms with E-state index in [1.54, 1.807) is 13.3 Å². The van der Waals surface area contributed by atoms with Gasteiger partial charge >= 0.3 is 0 Å². The molecule has 1 atom stereocenters. The van der Waals surface area contributed by atoms with E-state index in [1.165, 1.54) is 12.8 Å². The third-order valence-corrected chi connectivity index (χ3v) is 3.27. The van der Waals surface area contributed by atoms with Gasteiger partial charge in [-0.05, 0) is 37.7 Å². The molecule has 0 saturated heterocycles. The molecular formula is C13H20N2O. The molecule has 16 heavy (non-hydrogen) atoms. The predicted octanol–water partition coefficient (Wildman–Crippen LogP) is 2.86. The van der Waals surface area contributed by atoms with Gasteiger partial charge in [0.2, 0.25) is 0 Å². The summed E-state index contributed by atoms with van der Waals surface area (Å²) >= 11 is 0. The summed E-state index contributed by atoms with van der Waals surface area (Å²) in [4.78, 5) is 4.22. The number of rotatable bonds is 5. The second kappa shape index (κ2) is 4.73. The zero-order valence-corrected chi connectivity index (χ0v) is 10.3. The fourth-order valence-corrected chi connectivity index (χ4v) is 1.95. The molecule has 1 aromatic rings. The molecule has 1 saturated carbocycles. The lowest BCUT2D eigenvalue weighted by atomic mass is 10.1. The second-order valence-corrected chi connectivity index (χ2v) is 4.72. The molecule has 2 rings (SSSR count). The van der Waals surface area contributed by atoms with E-state index in [4.69, 9.17) is 4.74 Å². The van der Waals surface area contributed by atoms with Gasteiger partial charge in [-0.2, -0.15) is 0 Å². The first-order valence-corrected chi connectivity index (χ1v) is 5.95. The van der Waals surface area contributed by atoms with E-state index >= 15 is 0 Å². The van der Waals surface area contributed by atoms with Crippen LogP contribution in [0, 0.1) is 18.8 Å². The molecule has 3 nitrogen and oxygen atoms in total. The fraction of sp³-hybridized carbons (Fsp3) is 0.615. The number of ether oxygens (including phenoxy) is 1. The topological polar surface area (TPSA) is 34.1 Å². The van der Waals surface area contributed by atoms with E-state index in [0.717, 1.165) is 35.5 Å². The summed E-state index contributed by atoms with van der Waals surface area (Å²) < 4.78 is 5.28. The van der Waals surface area contributed by atoms with Crippen LogP contribution in [0.5, 0.6) is 5.75 Å². The summed E-state index contributed by atoms with van der Waals surface area (Å²) in [6, 6.07) is 2.04. The molecule has 3 heteroatoms. The molecule has 1 unspecified atom stereocenters. The number of methoxy groups -OCH3 is 1. The Balaban J connectivity index is 1.98. The number of nitrogens with one attached hydrogen (secondary N) is 1. The quantitative estimate of drug-likeness (QED) is 0.828. The van der Waals surface area contributed by atoms with Gasteiger partial charge in [-0.1, -0.05) is 6.92 Å². The third kappa shape index (κ3) is 2.65. The maximum absolute atomic E-state index is 5.28. The average Bonchev–Trinajstić information content (AvgIpc) is 3.10. The summed E-state index contributed by atoms with van der Waals surface area (Å²) in [5.41, 5.74) is 2.07. The van der Waals surface area contributed by atoms with Gasteiger partial charge in [-0.15, -0.1) is 0 Å². The Labute approximate surface area is 97.2 Å². The van der Waals surface area contributed by atoms with Crippen LogP contribution in [0.25, 0.3) is 0 Å². The Kier molecular flexibility index (Phi) is 3.32.